The molecule has 1 fully saturated rings. The molecule has 0 aliphatic heterocycles. The Balaban J connectivity index is 1.76. The zero-order valence-corrected chi connectivity index (χ0v) is 12.1. The van der Waals surface area contributed by atoms with Gasteiger partial charge in [0, 0.05) is 12.2 Å². The van der Waals surface area contributed by atoms with Crippen LogP contribution >= 0.6 is 0 Å². The zero-order chi connectivity index (χ0) is 16.4. The van der Waals surface area contributed by atoms with Gasteiger partial charge in [0.15, 0.2) is 17.5 Å². The van der Waals surface area contributed by atoms with E-state index >= 15 is 0 Å². The largest absolute Gasteiger partial charge is 0.322 e. The van der Waals surface area contributed by atoms with E-state index in [-0.39, 0.29) is 18.3 Å². The number of aromatic nitrogens is 1. The van der Waals surface area contributed by atoms with Crippen molar-refractivity contribution >= 4 is 11.7 Å². The number of halogens is 3. The first kappa shape index (κ1) is 15.3. The average molecular weight is 321 g/mol. The Bertz CT molecular complexity index is 720. The molecule has 0 radical (unpaired) electrons. The minimum atomic E-state index is -1.61. The van der Waals surface area contributed by atoms with E-state index in [0.717, 1.165) is 25.0 Å². The van der Waals surface area contributed by atoms with Crippen molar-refractivity contribution in [2.45, 2.75) is 25.4 Å². The second kappa shape index (κ2) is 6.28. The van der Waals surface area contributed by atoms with Gasteiger partial charge in [-0.05, 0) is 37.1 Å². The minimum Gasteiger partial charge on any atom is -0.316 e. The maximum absolute atomic E-state index is 13.7. The van der Waals surface area contributed by atoms with E-state index < -0.39 is 23.5 Å². The van der Waals surface area contributed by atoms with Gasteiger partial charge in [-0.2, -0.15) is 0 Å². The highest BCUT2D eigenvalue weighted by Crippen LogP contribution is 2.29. The third-order valence-electron chi connectivity index (χ3n) is 3.58. The summed E-state index contributed by atoms with van der Waals surface area (Å²) < 4.78 is 39.8. The lowest BCUT2D eigenvalue weighted by Crippen LogP contribution is -2.36. The SMILES string of the molecule is O=C(Nc1ccc(F)c(F)c1F)N(Cc1ccccn1)C1CC1. The lowest BCUT2D eigenvalue weighted by atomic mass is 10.2. The molecule has 0 atom stereocenters. The summed E-state index contributed by atoms with van der Waals surface area (Å²) in [4.78, 5) is 18.0. The van der Waals surface area contributed by atoms with Gasteiger partial charge in [-0.25, -0.2) is 18.0 Å². The molecule has 4 nitrogen and oxygen atoms in total. The molecule has 23 heavy (non-hydrogen) atoms. The van der Waals surface area contributed by atoms with Crippen LogP contribution in [0.5, 0.6) is 0 Å². The molecule has 0 unspecified atom stereocenters. The number of benzene rings is 1. The molecule has 3 rings (SSSR count). The van der Waals surface area contributed by atoms with E-state index in [2.05, 4.69) is 10.3 Å². The lowest BCUT2D eigenvalue weighted by molar-refractivity contribution is 0.205. The number of nitrogens with one attached hydrogen (secondary N) is 1. The van der Waals surface area contributed by atoms with Gasteiger partial charge in [-0.15, -0.1) is 0 Å². The standard InChI is InChI=1S/C16H14F3N3O/c17-12-6-7-13(15(19)14(12)18)21-16(23)22(11-4-5-11)9-10-3-1-2-8-20-10/h1-3,6-8,11H,4-5,9H2,(H,21,23). The van der Waals surface area contributed by atoms with Crippen LogP contribution in [0.3, 0.4) is 0 Å². The molecule has 0 spiro atoms. The van der Waals surface area contributed by atoms with Crippen LogP contribution in [0.4, 0.5) is 23.7 Å². The lowest BCUT2D eigenvalue weighted by Gasteiger charge is -2.22. The van der Waals surface area contributed by atoms with Crippen molar-refractivity contribution in [1.82, 2.24) is 9.88 Å². The second-order valence-corrected chi connectivity index (χ2v) is 5.33. The first-order chi connectivity index (χ1) is 11.1. The van der Waals surface area contributed by atoms with E-state index in [0.29, 0.717) is 5.69 Å². The Hall–Kier alpha value is -2.57. The van der Waals surface area contributed by atoms with Gasteiger partial charge in [0.05, 0.1) is 17.9 Å². The molecule has 1 aromatic heterocycles. The average Bonchev–Trinajstić information content (AvgIpc) is 3.39. The molecule has 120 valence electrons. The summed E-state index contributed by atoms with van der Waals surface area (Å²) in [6.07, 6.45) is 3.31. The van der Waals surface area contributed by atoms with Crippen molar-refractivity contribution in [3.63, 3.8) is 0 Å². The second-order valence-electron chi connectivity index (χ2n) is 5.33. The highest BCUT2D eigenvalue weighted by Gasteiger charge is 2.33. The van der Waals surface area contributed by atoms with Crippen LogP contribution in [0.1, 0.15) is 18.5 Å². The Morgan fingerprint density at radius 3 is 2.61 bits per heavy atom. The Labute approximate surface area is 130 Å². The summed E-state index contributed by atoms with van der Waals surface area (Å²) in [5.74, 6) is -4.31. The van der Waals surface area contributed by atoms with E-state index in [4.69, 9.17) is 0 Å². The summed E-state index contributed by atoms with van der Waals surface area (Å²) in [6, 6.07) is 6.60. The first-order valence-electron chi connectivity index (χ1n) is 7.17. The topological polar surface area (TPSA) is 45.2 Å². The number of hydrogen-bond acceptors (Lipinski definition) is 2. The third kappa shape index (κ3) is 3.44. The first-order valence-corrected chi connectivity index (χ1v) is 7.17. The van der Waals surface area contributed by atoms with Gasteiger partial charge < -0.3 is 10.2 Å². The van der Waals surface area contributed by atoms with Crippen LogP contribution in [0.15, 0.2) is 36.5 Å². The highest BCUT2D eigenvalue weighted by molar-refractivity contribution is 5.89. The van der Waals surface area contributed by atoms with Crippen molar-refractivity contribution in [1.29, 1.82) is 0 Å². The number of anilines is 1. The van der Waals surface area contributed by atoms with Gasteiger partial charge in [0.25, 0.3) is 0 Å². The molecule has 1 N–H and O–H groups in total. The molecule has 1 aliphatic rings. The highest BCUT2D eigenvalue weighted by atomic mass is 19.2. The van der Waals surface area contributed by atoms with Gasteiger partial charge in [-0.3, -0.25) is 4.98 Å². The Morgan fingerprint density at radius 1 is 1.17 bits per heavy atom. The molecule has 1 aliphatic carbocycles. The van der Waals surface area contributed by atoms with Crippen LogP contribution in [0.2, 0.25) is 0 Å². The van der Waals surface area contributed by atoms with E-state index in [1.54, 1.807) is 24.4 Å². The fourth-order valence-electron chi connectivity index (χ4n) is 2.23. The molecule has 1 aromatic carbocycles. The van der Waals surface area contributed by atoms with Crippen molar-refractivity contribution in [2.24, 2.45) is 0 Å². The third-order valence-corrected chi connectivity index (χ3v) is 3.58. The Morgan fingerprint density at radius 2 is 1.96 bits per heavy atom. The normalized spacial score (nSPS) is 13.7. The van der Waals surface area contributed by atoms with Crippen molar-refractivity contribution in [3.8, 4) is 0 Å². The summed E-state index contributed by atoms with van der Waals surface area (Å²) in [5, 5.41) is 2.30. The minimum absolute atomic E-state index is 0.0466. The molecular formula is C16H14F3N3O. The number of carbonyl (C=O) groups excluding carboxylic acids is 1. The molecule has 2 aromatic rings. The quantitative estimate of drug-likeness (QED) is 0.873. The van der Waals surface area contributed by atoms with Crippen molar-refractivity contribution < 1.29 is 18.0 Å². The van der Waals surface area contributed by atoms with Crippen molar-refractivity contribution in [3.05, 3.63) is 59.7 Å². The van der Waals surface area contributed by atoms with Crippen molar-refractivity contribution in [2.75, 3.05) is 5.32 Å². The monoisotopic (exact) mass is 321 g/mol. The molecule has 7 heteroatoms. The number of amides is 2. The summed E-state index contributed by atoms with van der Waals surface area (Å²) in [7, 11) is 0. The van der Waals surface area contributed by atoms with E-state index in [1.807, 2.05) is 0 Å². The van der Waals surface area contributed by atoms with Crippen LogP contribution in [0.25, 0.3) is 0 Å². The number of hydrogen-bond donors (Lipinski definition) is 1. The number of rotatable bonds is 4. The van der Waals surface area contributed by atoms with Crippen LogP contribution in [0, 0.1) is 17.5 Å². The fourth-order valence-corrected chi connectivity index (χ4v) is 2.23. The maximum Gasteiger partial charge on any atom is 0.322 e. The van der Waals surface area contributed by atoms with Gasteiger partial charge >= 0.3 is 6.03 Å². The van der Waals surface area contributed by atoms with Gasteiger partial charge in [0.1, 0.15) is 0 Å². The molecule has 0 saturated heterocycles. The molecule has 1 heterocycles. The van der Waals surface area contributed by atoms with Crippen LogP contribution in [-0.4, -0.2) is 22.0 Å². The number of urea groups is 1. The molecular weight excluding hydrogens is 307 g/mol. The predicted molar refractivity (Wildman–Crippen MR) is 78.1 cm³/mol. The smallest absolute Gasteiger partial charge is 0.316 e. The fraction of sp³-hybridized carbons (Fsp3) is 0.250. The van der Waals surface area contributed by atoms with Crippen LogP contribution < -0.4 is 5.32 Å². The predicted octanol–water partition coefficient (Wildman–Crippen LogP) is 3.70. The summed E-state index contributed by atoms with van der Waals surface area (Å²) in [6.45, 7) is 0.267. The molecule has 0 bridgehead atoms. The zero-order valence-electron chi connectivity index (χ0n) is 12.1. The van der Waals surface area contributed by atoms with Gasteiger partial charge in [0.2, 0.25) is 0 Å². The van der Waals surface area contributed by atoms with E-state index in [9.17, 15) is 18.0 Å². The summed E-state index contributed by atoms with van der Waals surface area (Å²) >= 11 is 0. The summed E-state index contributed by atoms with van der Waals surface area (Å²) in [5.41, 5.74) is 0.306. The number of pyridine rings is 1. The Kier molecular flexibility index (Phi) is 4.18. The van der Waals surface area contributed by atoms with Gasteiger partial charge in [-0.1, -0.05) is 6.07 Å². The molecule has 2 amide bonds. The van der Waals surface area contributed by atoms with E-state index in [1.165, 1.54) is 4.90 Å². The molecule has 1 saturated carbocycles. The van der Waals surface area contributed by atoms with Crippen LogP contribution in [-0.2, 0) is 6.54 Å². The number of carbonyl (C=O) groups is 1. The number of nitrogens with zero attached hydrogens (tertiary/aromatic N) is 2. The maximum atomic E-state index is 13.7.